The number of hydrogen-bond acceptors (Lipinski definition) is 4. The average molecular weight is 244 g/mol. The zero-order valence-corrected chi connectivity index (χ0v) is 9.34. The average Bonchev–Trinajstić information content (AvgIpc) is 2.29. The SMILES string of the molecule is CONC(=O)c1cc(Cl)c2c(c1)OCCO2. The lowest BCUT2D eigenvalue weighted by molar-refractivity contribution is 0.0537. The Bertz CT molecular complexity index is 422. The van der Waals surface area contributed by atoms with Crippen LogP contribution in [0.2, 0.25) is 5.02 Å². The molecular formula is C10H10ClNO4. The molecule has 0 atom stereocenters. The molecule has 0 unspecified atom stereocenters. The van der Waals surface area contributed by atoms with E-state index < -0.39 is 0 Å². The number of carbonyl (C=O) groups is 1. The molecule has 0 aliphatic carbocycles. The van der Waals surface area contributed by atoms with E-state index in [0.29, 0.717) is 35.3 Å². The summed E-state index contributed by atoms with van der Waals surface area (Å²) in [5, 5.41) is 0.346. The summed E-state index contributed by atoms with van der Waals surface area (Å²) in [7, 11) is 1.36. The molecule has 0 saturated heterocycles. The van der Waals surface area contributed by atoms with E-state index in [1.165, 1.54) is 13.2 Å². The molecule has 1 aliphatic rings. The van der Waals surface area contributed by atoms with Crippen LogP contribution < -0.4 is 15.0 Å². The molecule has 86 valence electrons. The summed E-state index contributed by atoms with van der Waals surface area (Å²) >= 11 is 5.97. The Morgan fingerprint density at radius 2 is 2.19 bits per heavy atom. The first-order valence-electron chi connectivity index (χ1n) is 4.65. The van der Waals surface area contributed by atoms with E-state index in [4.69, 9.17) is 21.1 Å². The second kappa shape index (κ2) is 4.59. The van der Waals surface area contributed by atoms with Crippen molar-refractivity contribution in [1.82, 2.24) is 5.48 Å². The van der Waals surface area contributed by atoms with Crippen LogP contribution in [-0.4, -0.2) is 26.2 Å². The Balaban J connectivity index is 2.35. The summed E-state index contributed by atoms with van der Waals surface area (Å²) in [6.45, 7) is 0.898. The first-order chi connectivity index (χ1) is 7.72. The minimum absolute atomic E-state index is 0.346. The van der Waals surface area contributed by atoms with Gasteiger partial charge in [0.05, 0.1) is 12.1 Å². The van der Waals surface area contributed by atoms with Crippen LogP contribution in [0.1, 0.15) is 10.4 Å². The van der Waals surface area contributed by atoms with Gasteiger partial charge in [0.25, 0.3) is 5.91 Å². The molecular weight excluding hydrogens is 234 g/mol. The molecule has 0 aromatic heterocycles. The van der Waals surface area contributed by atoms with E-state index in [1.807, 2.05) is 0 Å². The third kappa shape index (κ3) is 2.05. The molecule has 2 rings (SSSR count). The number of carbonyl (C=O) groups excluding carboxylic acids is 1. The van der Waals surface area contributed by atoms with Crippen molar-refractivity contribution in [3.05, 3.63) is 22.7 Å². The first-order valence-corrected chi connectivity index (χ1v) is 5.02. The molecule has 0 bridgehead atoms. The van der Waals surface area contributed by atoms with Crippen molar-refractivity contribution in [3.8, 4) is 11.5 Å². The predicted octanol–water partition coefficient (Wildman–Crippen LogP) is 1.40. The van der Waals surface area contributed by atoms with Crippen LogP contribution in [0, 0.1) is 0 Å². The largest absolute Gasteiger partial charge is 0.486 e. The Kier molecular flexibility index (Phi) is 3.17. The van der Waals surface area contributed by atoms with Gasteiger partial charge in [0, 0.05) is 5.56 Å². The fourth-order valence-corrected chi connectivity index (χ4v) is 1.66. The normalized spacial score (nSPS) is 13.4. The van der Waals surface area contributed by atoms with Crippen molar-refractivity contribution in [2.24, 2.45) is 0 Å². The van der Waals surface area contributed by atoms with Crippen LogP contribution in [0.3, 0.4) is 0 Å². The summed E-state index contributed by atoms with van der Waals surface area (Å²) in [4.78, 5) is 16.0. The van der Waals surface area contributed by atoms with E-state index in [2.05, 4.69) is 10.3 Å². The van der Waals surface area contributed by atoms with Gasteiger partial charge < -0.3 is 9.47 Å². The lowest BCUT2D eigenvalue weighted by atomic mass is 10.2. The summed E-state index contributed by atoms with van der Waals surface area (Å²) in [6.07, 6.45) is 0. The maximum atomic E-state index is 11.5. The van der Waals surface area contributed by atoms with Crippen molar-refractivity contribution in [2.75, 3.05) is 20.3 Å². The molecule has 6 heteroatoms. The Morgan fingerprint density at radius 3 is 2.94 bits per heavy atom. The number of halogens is 1. The summed E-state index contributed by atoms with van der Waals surface area (Å²) < 4.78 is 10.7. The van der Waals surface area contributed by atoms with Gasteiger partial charge in [0.2, 0.25) is 0 Å². The first kappa shape index (κ1) is 11.0. The standard InChI is InChI=1S/C10H10ClNO4/c1-14-12-10(13)6-4-7(11)9-8(5-6)15-2-3-16-9/h4-5H,2-3H2,1H3,(H,12,13). The summed E-state index contributed by atoms with van der Waals surface area (Å²) in [5.41, 5.74) is 2.56. The highest BCUT2D eigenvalue weighted by molar-refractivity contribution is 6.32. The van der Waals surface area contributed by atoms with Gasteiger partial charge >= 0.3 is 0 Å². The highest BCUT2D eigenvalue weighted by atomic mass is 35.5. The zero-order valence-electron chi connectivity index (χ0n) is 8.58. The van der Waals surface area contributed by atoms with Crippen molar-refractivity contribution in [3.63, 3.8) is 0 Å². The summed E-state index contributed by atoms with van der Waals surface area (Å²) in [5.74, 6) is 0.559. The Labute approximate surface area is 97.2 Å². The third-order valence-electron chi connectivity index (χ3n) is 2.05. The van der Waals surface area contributed by atoms with Crippen molar-refractivity contribution in [1.29, 1.82) is 0 Å². The number of benzene rings is 1. The van der Waals surface area contributed by atoms with E-state index in [1.54, 1.807) is 6.07 Å². The lowest BCUT2D eigenvalue weighted by Crippen LogP contribution is -2.22. The second-order valence-corrected chi connectivity index (χ2v) is 3.52. The fraction of sp³-hybridized carbons (Fsp3) is 0.300. The lowest BCUT2D eigenvalue weighted by Gasteiger charge is -2.19. The van der Waals surface area contributed by atoms with Crippen molar-refractivity contribution >= 4 is 17.5 Å². The van der Waals surface area contributed by atoms with Gasteiger partial charge in [-0.15, -0.1) is 0 Å². The highest BCUT2D eigenvalue weighted by Crippen LogP contribution is 2.38. The minimum Gasteiger partial charge on any atom is -0.486 e. The number of nitrogens with one attached hydrogen (secondary N) is 1. The van der Waals surface area contributed by atoms with Gasteiger partial charge in [-0.2, -0.15) is 0 Å². The quantitative estimate of drug-likeness (QED) is 0.798. The molecule has 0 radical (unpaired) electrons. The maximum absolute atomic E-state index is 11.5. The molecule has 16 heavy (non-hydrogen) atoms. The van der Waals surface area contributed by atoms with Gasteiger partial charge in [-0.1, -0.05) is 11.6 Å². The van der Waals surface area contributed by atoms with Gasteiger partial charge in [-0.25, -0.2) is 5.48 Å². The molecule has 0 saturated carbocycles. The molecule has 1 amide bonds. The van der Waals surface area contributed by atoms with E-state index in [0.717, 1.165) is 0 Å². The van der Waals surface area contributed by atoms with E-state index >= 15 is 0 Å². The molecule has 1 aliphatic heterocycles. The predicted molar refractivity (Wildman–Crippen MR) is 56.9 cm³/mol. The second-order valence-electron chi connectivity index (χ2n) is 3.12. The number of fused-ring (bicyclic) bond motifs is 1. The molecule has 1 aromatic rings. The van der Waals surface area contributed by atoms with E-state index in [-0.39, 0.29) is 5.91 Å². The third-order valence-corrected chi connectivity index (χ3v) is 2.33. The number of hydroxylamine groups is 1. The van der Waals surface area contributed by atoms with Crippen LogP contribution >= 0.6 is 11.6 Å². The molecule has 1 aromatic carbocycles. The van der Waals surface area contributed by atoms with Crippen molar-refractivity contribution < 1.29 is 19.1 Å². The number of ether oxygens (including phenoxy) is 2. The van der Waals surface area contributed by atoms with Crippen LogP contribution in [0.25, 0.3) is 0 Å². The molecule has 1 heterocycles. The Hall–Kier alpha value is -1.46. The van der Waals surface area contributed by atoms with E-state index in [9.17, 15) is 4.79 Å². The van der Waals surface area contributed by atoms with Crippen LogP contribution in [0.15, 0.2) is 12.1 Å². The topological polar surface area (TPSA) is 56.8 Å². The number of hydrogen-bond donors (Lipinski definition) is 1. The monoisotopic (exact) mass is 243 g/mol. The fourth-order valence-electron chi connectivity index (χ4n) is 1.39. The number of amides is 1. The smallest absolute Gasteiger partial charge is 0.275 e. The minimum atomic E-state index is -0.388. The number of rotatable bonds is 2. The van der Waals surface area contributed by atoms with Gasteiger partial charge in [-0.05, 0) is 12.1 Å². The summed E-state index contributed by atoms with van der Waals surface area (Å²) in [6, 6.07) is 3.07. The molecule has 0 spiro atoms. The highest BCUT2D eigenvalue weighted by Gasteiger charge is 2.19. The molecule has 1 N–H and O–H groups in total. The van der Waals surface area contributed by atoms with Crippen LogP contribution in [-0.2, 0) is 4.84 Å². The van der Waals surface area contributed by atoms with Gasteiger partial charge in [0.15, 0.2) is 11.5 Å². The molecule has 0 fully saturated rings. The van der Waals surface area contributed by atoms with Crippen molar-refractivity contribution in [2.45, 2.75) is 0 Å². The zero-order chi connectivity index (χ0) is 11.5. The van der Waals surface area contributed by atoms with Crippen LogP contribution in [0.5, 0.6) is 11.5 Å². The Morgan fingerprint density at radius 1 is 1.44 bits per heavy atom. The van der Waals surface area contributed by atoms with Crippen LogP contribution in [0.4, 0.5) is 0 Å². The van der Waals surface area contributed by atoms with Gasteiger partial charge in [0.1, 0.15) is 13.2 Å². The molecule has 5 nitrogen and oxygen atoms in total. The maximum Gasteiger partial charge on any atom is 0.275 e. The van der Waals surface area contributed by atoms with Gasteiger partial charge in [-0.3, -0.25) is 9.63 Å².